The fourth-order valence-corrected chi connectivity index (χ4v) is 2.77. The second-order valence-electron chi connectivity index (χ2n) is 5.58. The topological polar surface area (TPSA) is 55.2 Å². The van der Waals surface area contributed by atoms with Crippen LogP contribution in [0.2, 0.25) is 0 Å². The number of hydrogen-bond acceptors (Lipinski definition) is 3. The molecule has 1 aromatic rings. The summed E-state index contributed by atoms with van der Waals surface area (Å²) in [6, 6.07) is 1.88. The molecule has 2 rings (SSSR count). The molecule has 6 heteroatoms. The van der Waals surface area contributed by atoms with Crippen molar-refractivity contribution in [3.05, 3.63) is 39.4 Å². The molecule has 1 N–H and O–H groups in total. The summed E-state index contributed by atoms with van der Waals surface area (Å²) in [4.78, 5) is 9.87. The van der Waals surface area contributed by atoms with Crippen molar-refractivity contribution in [3.8, 4) is 0 Å². The van der Waals surface area contributed by atoms with Crippen molar-refractivity contribution in [2.24, 2.45) is 0 Å². The smallest absolute Gasteiger partial charge is 0.305 e. The zero-order valence-corrected chi connectivity index (χ0v) is 11.9. The Morgan fingerprint density at radius 2 is 1.71 bits per heavy atom. The highest BCUT2D eigenvalue weighted by Gasteiger charge is 2.19. The number of nitrogens with one attached hydrogen (secondary N) is 1. The van der Waals surface area contributed by atoms with Crippen LogP contribution in [0.3, 0.4) is 0 Å². The van der Waals surface area contributed by atoms with Gasteiger partial charge in [0.1, 0.15) is 5.82 Å². The van der Waals surface area contributed by atoms with E-state index in [1.807, 2.05) is 0 Å². The molecule has 1 aliphatic rings. The minimum atomic E-state index is -1.13. The van der Waals surface area contributed by atoms with Crippen LogP contribution in [-0.4, -0.2) is 11.0 Å². The molecule has 21 heavy (non-hydrogen) atoms. The van der Waals surface area contributed by atoms with E-state index >= 15 is 0 Å². The molecule has 0 unspecified atom stereocenters. The highest BCUT2D eigenvalue weighted by atomic mass is 19.1. The molecule has 1 aromatic carbocycles. The van der Waals surface area contributed by atoms with Crippen LogP contribution in [0.4, 0.5) is 14.5 Å². The van der Waals surface area contributed by atoms with Crippen molar-refractivity contribution < 1.29 is 13.7 Å². The lowest BCUT2D eigenvalue weighted by Gasteiger charge is -2.21. The zero-order valence-electron chi connectivity index (χ0n) is 11.9. The second kappa shape index (κ2) is 7.45. The van der Waals surface area contributed by atoms with E-state index < -0.39 is 22.2 Å². The third-order valence-corrected chi connectivity index (χ3v) is 4.00. The van der Waals surface area contributed by atoms with Crippen molar-refractivity contribution in [3.63, 3.8) is 0 Å². The molecule has 0 spiro atoms. The molecule has 0 aromatic heterocycles. The molecule has 0 saturated heterocycles. The van der Waals surface area contributed by atoms with Crippen molar-refractivity contribution in [2.75, 3.05) is 0 Å². The molecule has 116 valence electrons. The van der Waals surface area contributed by atoms with Crippen LogP contribution in [0.5, 0.6) is 0 Å². The van der Waals surface area contributed by atoms with Gasteiger partial charge in [-0.2, -0.15) is 4.39 Å². The van der Waals surface area contributed by atoms with E-state index in [-0.39, 0.29) is 12.1 Å². The van der Waals surface area contributed by atoms with Crippen LogP contribution in [0.15, 0.2) is 12.1 Å². The fourth-order valence-electron chi connectivity index (χ4n) is 2.77. The highest BCUT2D eigenvalue weighted by molar-refractivity contribution is 5.37. The first kappa shape index (κ1) is 15.8. The van der Waals surface area contributed by atoms with Crippen LogP contribution < -0.4 is 5.32 Å². The molecular formula is C15H20F2N2O2. The number of rotatable bonds is 4. The number of hydrogen-bond donors (Lipinski definition) is 1. The standard InChI is InChI=1S/C15H20F2N2O2/c16-13-9-14(17)15(19(20)21)8-11(13)10-18-12-6-4-2-1-3-5-7-12/h8-9,12,18H,1-7,10H2. The maximum Gasteiger partial charge on any atom is 0.305 e. The van der Waals surface area contributed by atoms with Crippen molar-refractivity contribution in [1.29, 1.82) is 0 Å². The monoisotopic (exact) mass is 298 g/mol. The van der Waals surface area contributed by atoms with Gasteiger partial charge < -0.3 is 5.32 Å². The SMILES string of the molecule is O=[N+]([O-])c1cc(CNC2CCCCCCC2)c(F)cc1F. The molecule has 0 bridgehead atoms. The fraction of sp³-hybridized carbons (Fsp3) is 0.600. The van der Waals surface area contributed by atoms with Crippen LogP contribution in [0.25, 0.3) is 0 Å². The third kappa shape index (κ3) is 4.46. The van der Waals surface area contributed by atoms with Crippen LogP contribution in [-0.2, 0) is 6.54 Å². The Hall–Kier alpha value is -1.56. The predicted molar refractivity (Wildman–Crippen MR) is 76.0 cm³/mol. The molecular weight excluding hydrogens is 278 g/mol. The van der Waals surface area contributed by atoms with E-state index in [2.05, 4.69) is 5.32 Å². The van der Waals surface area contributed by atoms with Crippen LogP contribution in [0, 0.1) is 21.7 Å². The zero-order chi connectivity index (χ0) is 15.2. The van der Waals surface area contributed by atoms with E-state index in [9.17, 15) is 18.9 Å². The van der Waals surface area contributed by atoms with Gasteiger partial charge in [0.25, 0.3) is 0 Å². The minimum absolute atomic E-state index is 0.144. The number of halogens is 2. The van der Waals surface area contributed by atoms with E-state index in [1.54, 1.807) is 0 Å². The molecule has 1 fully saturated rings. The van der Waals surface area contributed by atoms with Gasteiger partial charge >= 0.3 is 5.69 Å². The molecule has 0 heterocycles. The minimum Gasteiger partial charge on any atom is -0.310 e. The molecule has 4 nitrogen and oxygen atoms in total. The van der Waals surface area contributed by atoms with Gasteiger partial charge in [-0.25, -0.2) is 4.39 Å². The lowest BCUT2D eigenvalue weighted by molar-refractivity contribution is -0.387. The van der Waals surface area contributed by atoms with Crippen molar-refractivity contribution in [1.82, 2.24) is 5.32 Å². The number of nitrogens with zero attached hydrogens (tertiary/aromatic N) is 1. The van der Waals surface area contributed by atoms with Gasteiger partial charge in [0.2, 0.25) is 5.82 Å². The quantitative estimate of drug-likeness (QED) is 0.673. The first-order valence-electron chi connectivity index (χ1n) is 7.43. The molecule has 0 atom stereocenters. The first-order chi connectivity index (χ1) is 10.1. The number of benzene rings is 1. The molecule has 0 amide bonds. The summed E-state index contributed by atoms with van der Waals surface area (Å²) in [5, 5.41) is 13.9. The van der Waals surface area contributed by atoms with E-state index in [4.69, 9.17) is 0 Å². The average molecular weight is 298 g/mol. The number of nitro groups is 1. The first-order valence-corrected chi connectivity index (χ1v) is 7.43. The van der Waals surface area contributed by atoms with Gasteiger partial charge in [-0.3, -0.25) is 10.1 Å². The Morgan fingerprint density at radius 3 is 2.33 bits per heavy atom. The normalized spacial score (nSPS) is 17.2. The summed E-state index contributed by atoms with van der Waals surface area (Å²) in [6.07, 6.45) is 8.05. The highest BCUT2D eigenvalue weighted by Crippen LogP contribution is 2.22. The molecule has 0 aliphatic heterocycles. The lowest BCUT2D eigenvalue weighted by atomic mass is 9.96. The molecule has 0 radical (unpaired) electrons. The van der Waals surface area contributed by atoms with Crippen LogP contribution in [0.1, 0.15) is 50.5 Å². The molecule has 1 aliphatic carbocycles. The summed E-state index contributed by atoms with van der Waals surface area (Å²) >= 11 is 0. The van der Waals surface area contributed by atoms with Gasteiger partial charge in [0, 0.05) is 30.3 Å². The van der Waals surface area contributed by atoms with Crippen LogP contribution >= 0.6 is 0 Å². The second-order valence-corrected chi connectivity index (χ2v) is 5.58. The summed E-state index contributed by atoms with van der Waals surface area (Å²) in [7, 11) is 0. The van der Waals surface area contributed by atoms with Crippen molar-refractivity contribution in [2.45, 2.75) is 57.5 Å². The van der Waals surface area contributed by atoms with Gasteiger partial charge in [-0.05, 0) is 12.8 Å². The predicted octanol–water partition coefficient (Wildman–Crippen LogP) is 4.08. The van der Waals surface area contributed by atoms with E-state index in [1.165, 1.54) is 19.3 Å². The summed E-state index contributed by atoms with van der Waals surface area (Å²) < 4.78 is 27.0. The van der Waals surface area contributed by atoms with Gasteiger partial charge in [-0.1, -0.05) is 32.1 Å². The van der Waals surface area contributed by atoms with E-state index in [0.717, 1.165) is 31.7 Å². The Labute approximate surface area is 122 Å². The Bertz CT molecular complexity index is 501. The maximum atomic E-state index is 13.7. The Morgan fingerprint density at radius 1 is 1.10 bits per heavy atom. The molecule has 1 saturated carbocycles. The maximum absolute atomic E-state index is 13.7. The van der Waals surface area contributed by atoms with Gasteiger partial charge in [0.05, 0.1) is 4.92 Å². The van der Waals surface area contributed by atoms with Gasteiger partial charge in [-0.15, -0.1) is 0 Å². The van der Waals surface area contributed by atoms with Crippen molar-refractivity contribution >= 4 is 5.69 Å². The summed E-state index contributed by atoms with van der Waals surface area (Å²) in [5.41, 5.74) is -0.531. The summed E-state index contributed by atoms with van der Waals surface area (Å²) in [6.45, 7) is 0.192. The largest absolute Gasteiger partial charge is 0.310 e. The summed E-state index contributed by atoms with van der Waals surface area (Å²) in [5.74, 6) is -1.87. The Balaban J connectivity index is 2.01. The van der Waals surface area contributed by atoms with Gasteiger partial charge in [0.15, 0.2) is 0 Å². The third-order valence-electron chi connectivity index (χ3n) is 4.00. The van der Waals surface area contributed by atoms with E-state index in [0.29, 0.717) is 12.1 Å². The Kier molecular flexibility index (Phi) is 5.61. The lowest BCUT2D eigenvalue weighted by Crippen LogP contribution is -2.29. The average Bonchev–Trinajstić information content (AvgIpc) is 2.38. The number of nitro benzene ring substituents is 1.